The van der Waals surface area contributed by atoms with Crippen LogP contribution in [0.4, 0.5) is 10.1 Å². The first kappa shape index (κ1) is 22.4. The molecule has 5 rings (SSSR count). The van der Waals surface area contributed by atoms with Crippen LogP contribution in [0.3, 0.4) is 0 Å². The third kappa shape index (κ3) is 3.75. The van der Waals surface area contributed by atoms with Crippen LogP contribution in [-0.4, -0.2) is 46.4 Å². The molecule has 1 saturated heterocycles. The van der Waals surface area contributed by atoms with Crippen LogP contribution in [0.15, 0.2) is 53.6 Å². The molecule has 0 spiro atoms. The van der Waals surface area contributed by atoms with E-state index < -0.39 is 5.82 Å². The van der Waals surface area contributed by atoms with Gasteiger partial charge in [0.15, 0.2) is 11.2 Å². The van der Waals surface area contributed by atoms with Crippen molar-refractivity contribution in [3.8, 4) is 17.7 Å². The van der Waals surface area contributed by atoms with Gasteiger partial charge in [-0.3, -0.25) is 9.13 Å². The van der Waals surface area contributed by atoms with Crippen molar-refractivity contribution in [2.24, 2.45) is 0 Å². The van der Waals surface area contributed by atoms with Crippen molar-refractivity contribution in [1.82, 2.24) is 19.1 Å². The number of anilines is 1. The Labute approximate surface area is 200 Å². The summed E-state index contributed by atoms with van der Waals surface area (Å²) >= 11 is 0. The van der Waals surface area contributed by atoms with Gasteiger partial charge in [0.25, 0.3) is 0 Å². The van der Waals surface area contributed by atoms with Crippen molar-refractivity contribution in [3.05, 3.63) is 76.2 Å². The number of aromatic nitrogens is 4. The summed E-state index contributed by atoms with van der Waals surface area (Å²) in [5.74, 6) is 0.489. The second-order valence-corrected chi connectivity index (χ2v) is 8.24. The lowest BCUT2D eigenvalue weighted by molar-refractivity contribution is 0.399. The van der Waals surface area contributed by atoms with Crippen molar-refractivity contribution >= 4 is 16.9 Å². The molecule has 35 heavy (non-hydrogen) atoms. The Morgan fingerprint density at radius 1 is 1.14 bits per heavy atom. The summed E-state index contributed by atoms with van der Waals surface area (Å²) in [5.41, 5.74) is 1.99. The smallest absolute Gasteiger partial charge is 0.331 e. The lowest BCUT2D eigenvalue weighted by atomic mass is 10.1. The van der Waals surface area contributed by atoms with Crippen LogP contribution in [0, 0.1) is 17.1 Å². The lowest BCUT2D eigenvalue weighted by Crippen LogP contribution is -2.30. The monoisotopic (exact) mass is 474 g/mol. The van der Waals surface area contributed by atoms with Gasteiger partial charge in [0.1, 0.15) is 24.0 Å². The number of fused-ring (bicyclic) bond motifs is 1. The van der Waals surface area contributed by atoms with Crippen molar-refractivity contribution in [3.63, 3.8) is 0 Å². The third-order valence-electron chi connectivity index (χ3n) is 6.37. The van der Waals surface area contributed by atoms with E-state index in [1.807, 2.05) is 29.2 Å². The third-order valence-corrected chi connectivity index (χ3v) is 6.37. The number of benzene rings is 2. The Morgan fingerprint density at radius 3 is 2.74 bits per heavy atom. The summed E-state index contributed by atoms with van der Waals surface area (Å²) in [5, 5.41) is 9.47. The number of nitriles is 1. The highest BCUT2D eigenvalue weighted by Crippen LogP contribution is 2.33. The van der Waals surface area contributed by atoms with Crippen LogP contribution in [0.25, 0.3) is 11.2 Å². The van der Waals surface area contributed by atoms with Crippen LogP contribution in [0.5, 0.6) is 11.6 Å². The van der Waals surface area contributed by atoms with E-state index >= 15 is 0 Å². The number of hydrogen-bond acceptors (Lipinski definition) is 7. The van der Waals surface area contributed by atoms with Crippen LogP contribution in [0.1, 0.15) is 23.6 Å². The summed E-state index contributed by atoms with van der Waals surface area (Å²) < 4.78 is 28.8. The SMILES string of the molecule is COc1ccccc1Cn1c(=O)n(C2CCN(c3c(F)cccc3C#N)C2)c2ncnc(OC)c21. The quantitative estimate of drug-likeness (QED) is 0.423. The summed E-state index contributed by atoms with van der Waals surface area (Å²) in [6, 6.07) is 13.7. The molecule has 4 aromatic rings. The largest absolute Gasteiger partial charge is 0.496 e. The first-order valence-corrected chi connectivity index (χ1v) is 11.1. The van der Waals surface area contributed by atoms with E-state index in [1.54, 1.807) is 22.3 Å². The Hall–Kier alpha value is -4.39. The average Bonchev–Trinajstić information content (AvgIpc) is 3.46. The molecule has 0 N–H and O–H groups in total. The number of halogens is 1. The van der Waals surface area contributed by atoms with E-state index in [-0.39, 0.29) is 35.4 Å². The molecule has 1 atom stereocenters. The minimum Gasteiger partial charge on any atom is -0.496 e. The van der Waals surface area contributed by atoms with Gasteiger partial charge in [-0.25, -0.2) is 14.2 Å². The number of methoxy groups -OCH3 is 2. The molecule has 0 radical (unpaired) electrons. The van der Waals surface area contributed by atoms with Crippen molar-refractivity contribution in [1.29, 1.82) is 5.26 Å². The number of ether oxygens (including phenoxy) is 2. The molecule has 178 valence electrons. The van der Waals surface area contributed by atoms with Crippen LogP contribution in [-0.2, 0) is 6.54 Å². The molecule has 9 nitrogen and oxygen atoms in total. The van der Waals surface area contributed by atoms with Crippen LogP contribution >= 0.6 is 0 Å². The molecule has 3 heterocycles. The maximum absolute atomic E-state index is 14.7. The van der Waals surface area contributed by atoms with Gasteiger partial charge in [0.05, 0.1) is 38.1 Å². The minimum absolute atomic E-state index is 0.235. The number of para-hydroxylation sites is 2. The number of rotatable bonds is 6. The van der Waals surface area contributed by atoms with Gasteiger partial charge in [-0.2, -0.15) is 10.2 Å². The molecule has 1 aliphatic heterocycles. The lowest BCUT2D eigenvalue weighted by Gasteiger charge is -2.20. The van der Waals surface area contributed by atoms with Gasteiger partial charge in [-0.05, 0) is 24.6 Å². The highest BCUT2D eigenvalue weighted by molar-refractivity contribution is 5.77. The highest BCUT2D eigenvalue weighted by atomic mass is 19.1. The zero-order chi connectivity index (χ0) is 24.5. The average molecular weight is 474 g/mol. The van der Waals surface area contributed by atoms with E-state index in [0.717, 1.165) is 5.56 Å². The molecule has 0 saturated carbocycles. The van der Waals surface area contributed by atoms with Crippen LogP contribution in [0.2, 0.25) is 0 Å². The minimum atomic E-state index is -0.459. The molecule has 1 aliphatic rings. The predicted molar refractivity (Wildman–Crippen MR) is 127 cm³/mol. The Kier molecular flexibility index (Phi) is 5.82. The zero-order valence-electron chi connectivity index (χ0n) is 19.3. The number of hydrogen-bond donors (Lipinski definition) is 0. The summed E-state index contributed by atoms with van der Waals surface area (Å²) in [6.45, 7) is 1.09. The first-order chi connectivity index (χ1) is 17.1. The fraction of sp³-hybridized carbons (Fsp3) is 0.280. The van der Waals surface area contributed by atoms with Crippen molar-refractivity contribution in [2.45, 2.75) is 19.0 Å². The maximum atomic E-state index is 14.7. The molecule has 10 heteroatoms. The maximum Gasteiger partial charge on any atom is 0.331 e. The normalized spacial score (nSPS) is 15.4. The number of nitrogens with zero attached hydrogens (tertiary/aromatic N) is 6. The first-order valence-electron chi connectivity index (χ1n) is 11.1. The van der Waals surface area contributed by atoms with Crippen molar-refractivity contribution in [2.75, 3.05) is 32.2 Å². The molecule has 0 aliphatic carbocycles. The Bertz CT molecular complexity index is 1510. The summed E-state index contributed by atoms with van der Waals surface area (Å²) in [7, 11) is 3.08. The summed E-state index contributed by atoms with van der Waals surface area (Å²) in [4.78, 5) is 24.2. The zero-order valence-corrected chi connectivity index (χ0v) is 19.3. The Balaban J connectivity index is 1.60. The molecule has 1 unspecified atom stereocenters. The van der Waals surface area contributed by atoms with Gasteiger partial charge >= 0.3 is 5.69 Å². The molecule has 0 bridgehead atoms. The van der Waals surface area contributed by atoms with E-state index in [1.165, 1.54) is 25.6 Å². The van der Waals surface area contributed by atoms with E-state index in [4.69, 9.17) is 9.47 Å². The van der Waals surface area contributed by atoms with E-state index in [0.29, 0.717) is 36.4 Å². The standard InChI is InChI=1S/C25H23FN6O3/c1-34-20-9-4-3-6-17(20)13-31-22-23(28-15-29-24(22)35-2)32(25(31)33)18-10-11-30(14-18)21-16(12-27)7-5-8-19(21)26/h3-9,15,18H,10-11,13-14H2,1-2H3. The van der Waals surface area contributed by atoms with E-state index in [2.05, 4.69) is 16.0 Å². The predicted octanol–water partition coefficient (Wildman–Crippen LogP) is 3.12. The Morgan fingerprint density at radius 2 is 1.97 bits per heavy atom. The van der Waals surface area contributed by atoms with Crippen LogP contribution < -0.4 is 20.1 Å². The molecule has 2 aromatic heterocycles. The second-order valence-electron chi connectivity index (χ2n) is 8.24. The van der Waals surface area contributed by atoms with Gasteiger partial charge in [-0.1, -0.05) is 24.3 Å². The van der Waals surface area contributed by atoms with Gasteiger partial charge < -0.3 is 14.4 Å². The van der Waals surface area contributed by atoms with Crippen molar-refractivity contribution < 1.29 is 13.9 Å². The number of imidazole rings is 1. The summed E-state index contributed by atoms with van der Waals surface area (Å²) in [6.07, 6.45) is 1.95. The van der Waals surface area contributed by atoms with E-state index in [9.17, 15) is 14.4 Å². The topological polar surface area (TPSA) is 98.2 Å². The van der Waals surface area contributed by atoms with Gasteiger partial charge in [-0.15, -0.1) is 0 Å². The molecular formula is C25H23FN6O3. The van der Waals surface area contributed by atoms with Gasteiger partial charge in [0, 0.05) is 18.7 Å². The molecular weight excluding hydrogens is 451 g/mol. The fourth-order valence-corrected chi connectivity index (χ4v) is 4.79. The molecule has 0 amide bonds. The fourth-order valence-electron chi connectivity index (χ4n) is 4.79. The highest BCUT2D eigenvalue weighted by Gasteiger charge is 2.32. The molecule has 2 aromatic carbocycles. The molecule has 1 fully saturated rings. The van der Waals surface area contributed by atoms with Gasteiger partial charge in [0.2, 0.25) is 5.88 Å². The second kappa shape index (κ2) is 9.10.